The van der Waals surface area contributed by atoms with E-state index in [0.717, 1.165) is 0 Å². The third-order valence-corrected chi connectivity index (χ3v) is 3.21. The summed E-state index contributed by atoms with van der Waals surface area (Å²) in [7, 11) is 1.44. The second-order valence-electron chi connectivity index (χ2n) is 4.47. The zero-order chi connectivity index (χ0) is 14.9. The van der Waals surface area contributed by atoms with Gasteiger partial charge < -0.3 is 15.6 Å². The molecular formula is C15H15F2NO2. The average molecular weight is 279 g/mol. The molecule has 0 aliphatic heterocycles. The topological polar surface area (TPSA) is 55.5 Å². The molecule has 0 aliphatic rings. The van der Waals surface area contributed by atoms with Crippen LogP contribution >= 0.6 is 0 Å². The number of para-hydroxylation sites is 1. The van der Waals surface area contributed by atoms with Crippen molar-refractivity contribution < 1.29 is 18.6 Å². The molecular weight excluding hydrogens is 264 g/mol. The van der Waals surface area contributed by atoms with E-state index in [1.54, 1.807) is 18.2 Å². The molecule has 2 aromatic rings. The van der Waals surface area contributed by atoms with E-state index >= 15 is 0 Å². The quantitative estimate of drug-likeness (QED) is 0.849. The Hall–Kier alpha value is -2.14. The monoisotopic (exact) mass is 279 g/mol. The highest BCUT2D eigenvalue weighted by Crippen LogP contribution is 2.34. The van der Waals surface area contributed by atoms with Gasteiger partial charge in [-0.1, -0.05) is 24.3 Å². The van der Waals surface area contributed by atoms with Gasteiger partial charge in [0.05, 0.1) is 12.8 Å². The van der Waals surface area contributed by atoms with Crippen molar-refractivity contribution in [2.24, 2.45) is 0 Å². The smallest absolute Gasteiger partial charge is 0.165 e. The lowest BCUT2D eigenvalue weighted by molar-refractivity contribution is 0.213. The molecule has 0 bridgehead atoms. The largest absolute Gasteiger partial charge is 0.495 e. The Bertz CT molecular complexity index is 644. The van der Waals surface area contributed by atoms with Crippen LogP contribution in [0.2, 0.25) is 0 Å². The molecule has 0 aromatic heterocycles. The van der Waals surface area contributed by atoms with Crippen LogP contribution in [0.1, 0.15) is 22.8 Å². The molecule has 1 atom stereocenters. The van der Waals surface area contributed by atoms with E-state index in [9.17, 15) is 13.9 Å². The van der Waals surface area contributed by atoms with Crippen LogP contribution in [0.4, 0.5) is 14.5 Å². The van der Waals surface area contributed by atoms with Crippen LogP contribution in [0.5, 0.6) is 5.75 Å². The normalized spacial score (nSPS) is 12.2. The minimum absolute atomic E-state index is 0.159. The van der Waals surface area contributed by atoms with Gasteiger partial charge in [-0.15, -0.1) is 0 Å². The summed E-state index contributed by atoms with van der Waals surface area (Å²) >= 11 is 0. The van der Waals surface area contributed by atoms with Crippen molar-refractivity contribution >= 4 is 5.69 Å². The minimum atomic E-state index is -1.36. The molecule has 1 unspecified atom stereocenters. The van der Waals surface area contributed by atoms with E-state index in [2.05, 4.69) is 0 Å². The number of anilines is 1. The highest BCUT2D eigenvalue weighted by Gasteiger charge is 2.21. The molecule has 0 fully saturated rings. The molecule has 5 heteroatoms. The van der Waals surface area contributed by atoms with Gasteiger partial charge in [-0.25, -0.2) is 8.78 Å². The van der Waals surface area contributed by atoms with E-state index in [0.29, 0.717) is 5.75 Å². The van der Waals surface area contributed by atoms with Gasteiger partial charge in [0.25, 0.3) is 0 Å². The van der Waals surface area contributed by atoms with Crippen LogP contribution in [-0.4, -0.2) is 12.2 Å². The number of halogens is 2. The Labute approximate surface area is 115 Å². The zero-order valence-corrected chi connectivity index (χ0v) is 11.2. The molecule has 0 spiro atoms. The SMILES string of the molecule is COc1cccc(C(O)c2ccc(C)c(F)c2F)c1N. The average Bonchev–Trinajstić information content (AvgIpc) is 2.44. The first kappa shape index (κ1) is 14.3. The second kappa shape index (κ2) is 5.46. The first-order valence-corrected chi connectivity index (χ1v) is 6.02. The van der Waals surface area contributed by atoms with E-state index in [4.69, 9.17) is 10.5 Å². The standard InChI is InChI=1S/C15H15F2NO2/c1-8-6-7-9(13(17)12(8)16)15(19)10-4-3-5-11(20-2)14(10)18/h3-7,15,19H,18H2,1-2H3. The summed E-state index contributed by atoms with van der Waals surface area (Å²) in [6.45, 7) is 1.45. The van der Waals surface area contributed by atoms with Gasteiger partial charge in [-0.3, -0.25) is 0 Å². The fourth-order valence-electron chi connectivity index (χ4n) is 2.02. The van der Waals surface area contributed by atoms with Gasteiger partial charge in [0.1, 0.15) is 11.9 Å². The van der Waals surface area contributed by atoms with Crippen molar-refractivity contribution in [2.75, 3.05) is 12.8 Å². The van der Waals surface area contributed by atoms with Crippen molar-refractivity contribution in [2.45, 2.75) is 13.0 Å². The number of aryl methyl sites for hydroxylation is 1. The van der Waals surface area contributed by atoms with Crippen molar-refractivity contribution in [3.8, 4) is 5.75 Å². The fraction of sp³-hybridized carbons (Fsp3) is 0.200. The van der Waals surface area contributed by atoms with Gasteiger partial charge in [-0.2, -0.15) is 0 Å². The predicted molar refractivity (Wildman–Crippen MR) is 72.6 cm³/mol. The minimum Gasteiger partial charge on any atom is -0.495 e. The number of aliphatic hydroxyl groups is 1. The maximum Gasteiger partial charge on any atom is 0.165 e. The molecule has 0 saturated heterocycles. The highest BCUT2D eigenvalue weighted by atomic mass is 19.2. The van der Waals surface area contributed by atoms with E-state index in [1.165, 1.54) is 26.2 Å². The molecule has 3 N–H and O–H groups in total. The van der Waals surface area contributed by atoms with Gasteiger partial charge in [0, 0.05) is 11.1 Å². The number of nitrogen functional groups attached to an aromatic ring is 1. The molecule has 2 rings (SSSR count). The van der Waals surface area contributed by atoms with Crippen molar-refractivity contribution in [1.29, 1.82) is 0 Å². The van der Waals surface area contributed by atoms with Crippen LogP contribution in [0.3, 0.4) is 0 Å². The summed E-state index contributed by atoms with van der Waals surface area (Å²) in [5, 5.41) is 10.2. The summed E-state index contributed by atoms with van der Waals surface area (Å²) < 4.78 is 32.5. The van der Waals surface area contributed by atoms with Gasteiger partial charge in [-0.05, 0) is 18.6 Å². The maximum atomic E-state index is 13.9. The predicted octanol–water partition coefficient (Wildman–Crippen LogP) is 2.95. The number of hydrogen-bond donors (Lipinski definition) is 2. The van der Waals surface area contributed by atoms with Crippen molar-refractivity contribution in [3.05, 3.63) is 58.7 Å². The summed E-state index contributed by atoms with van der Waals surface area (Å²) in [5.41, 5.74) is 6.33. The highest BCUT2D eigenvalue weighted by molar-refractivity contribution is 5.60. The van der Waals surface area contributed by atoms with Crippen molar-refractivity contribution in [1.82, 2.24) is 0 Å². The summed E-state index contributed by atoms with van der Waals surface area (Å²) in [5.74, 6) is -1.67. The number of benzene rings is 2. The van der Waals surface area contributed by atoms with Crippen LogP contribution in [0.15, 0.2) is 30.3 Å². The Morgan fingerprint density at radius 1 is 1.10 bits per heavy atom. The van der Waals surface area contributed by atoms with Crippen molar-refractivity contribution in [3.63, 3.8) is 0 Å². The number of methoxy groups -OCH3 is 1. The van der Waals surface area contributed by atoms with Gasteiger partial charge in [0.15, 0.2) is 11.6 Å². The number of ether oxygens (including phenoxy) is 1. The molecule has 0 radical (unpaired) electrons. The van der Waals surface area contributed by atoms with Gasteiger partial charge >= 0.3 is 0 Å². The van der Waals surface area contributed by atoms with E-state index in [1.807, 2.05) is 0 Å². The summed E-state index contributed by atoms with van der Waals surface area (Å²) in [6.07, 6.45) is -1.36. The molecule has 0 heterocycles. The van der Waals surface area contributed by atoms with Crippen LogP contribution < -0.4 is 10.5 Å². The zero-order valence-electron chi connectivity index (χ0n) is 11.2. The molecule has 0 aliphatic carbocycles. The lowest BCUT2D eigenvalue weighted by Crippen LogP contribution is -2.08. The molecule has 2 aromatic carbocycles. The lowest BCUT2D eigenvalue weighted by atomic mass is 9.98. The van der Waals surface area contributed by atoms with E-state index in [-0.39, 0.29) is 22.4 Å². The number of nitrogens with two attached hydrogens (primary N) is 1. The van der Waals surface area contributed by atoms with Crippen LogP contribution in [-0.2, 0) is 0 Å². The Kier molecular flexibility index (Phi) is 3.90. The number of hydrogen-bond acceptors (Lipinski definition) is 3. The number of rotatable bonds is 3. The van der Waals surface area contributed by atoms with E-state index < -0.39 is 17.7 Å². The first-order valence-electron chi connectivity index (χ1n) is 6.02. The Morgan fingerprint density at radius 2 is 1.80 bits per heavy atom. The Morgan fingerprint density at radius 3 is 2.45 bits per heavy atom. The molecule has 0 amide bonds. The lowest BCUT2D eigenvalue weighted by Gasteiger charge is -2.17. The van der Waals surface area contributed by atoms with Gasteiger partial charge in [0.2, 0.25) is 0 Å². The number of aliphatic hydroxyl groups excluding tert-OH is 1. The third-order valence-electron chi connectivity index (χ3n) is 3.21. The second-order valence-corrected chi connectivity index (χ2v) is 4.47. The fourth-order valence-corrected chi connectivity index (χ4v) is 2.02. The molecule has 3 nitrogen and oxygen atoms in total. The Balaban J connectivity index is 2.52. The summed E-state index contributed by atoms with van der Waals surface area (Å²) in [4.78, 5) is 0. The first-order chi connectivity index (χ1) is 9.47. The van der Waals surface area contributed by atoms with Crippen LogP contribution in [0, 0.1) is 18.6 Å². The molecule has 106 valence electrons. The van der Waals surface area contributed by atoms with Crippen LogP contribution in [0.25, 0.3) is 0 Å². The molecule has 20 heavy (non-hydrogen) atoms. The third kappa shape index (κ3) is 2.32. The molecule has 0 saturated carbocycles. The summed E-state index contributed by atoms with van der Waals surface area (Å²) in [6, 6.07) is 7.54. The maximum absolute atomic E-state index is 13.9.